The van der Waals surface area contributed by atoms with Crippen molar-refractivity contribution < 1.29 is 35.9 Å². The average Bonchev–Trinajstić information content (AvgIpc) is 3.50. The molecule has 0 unspecified atom stereocenters. The molecule has 1 aromatic rings. The number of carbonyl (C=O) groups excluding carboxylic acids is 1. The highest BCUT2D eigenvalue weighted by Crippen LogP contribution is 2.37. The molecule has 1 heterocycles. The second-order valence-electron chi connectivity index (χ2n) is 8.19. The topological polar surface area (TPSA) is 29.5 Å². The summed E-state index contributed by atoms with van der Waals surface area (Å²) < 4.78 is 82.8. The Morgan fingerprint density at radius 2 is 1.73 bits per heavy atom. The lowest BCUT2D eigenvalue weighted by Gasteiger charge is -2.34. The predicted octanol–water partition coefficient (Wildman–Crippen LogP) is 5.49. The van der Waals surface area contributed by atoms with Crippen LogP contribution in [0.1, 0.15) is 48.9 Å². The van der Waals surface area contributed by atoms with E-state index in [4.69, 9.17) is 4.74 Å². The number of hydrogen-bond acceptors (Lipinski definition) is 3. The molecule has 30 heavy (non-hydrogen) atoms. The van der Waals surface area contributed by atoms with Crippen molar-refractivity contribution in [1.82, 2.24) is 4.90 Å². The monoisotopic (exact) mass is 437 g/mol. The maximum absolute atomic E-state index is 14.1. The molecule has 0 amide bonds. The van der Waals surface area contributed by atoms with Gasteiger partial charge in [-0.2, -0.15) is 22.0 Å². The lowest BCUT2D eigenvalue weighted by Crippen LogP contribution is -2.49. The molecule has 1 saturated heterocycles. The van der Waals surface area contributed by atoms with E-state index in [9.17, 15) is 31.1 Å². The Balaban J connectivity index is 1.35. The molecule has 0 radical (unpaired) electrons. The summed E-state index contributed by atoms with van der Waals surface area (Å²) in [5, 5.41) is 0. The standard InChI is InChI=1S/C21H25F6NO2/c22-18-12-16(5-6-17(18)19(29)15-3-4-15)30-11-1-2-14-7-9-28(10-8-14)13-20(23,24)21(25,26)27/h5-6,12,14-15H,1-4,7-11,13H2. The van der Waals surface area contributed by atoms with Crippen LogP contribution < -0.4 is 4.74 Å². The van der Waals surface area contributed by atoms with Gasteiger partial charge in [0, 0.05) is 12.0 Å². The van der Waals surface area contributed by atoms with E-state index in [-0.39, 0.29) is 36.3 Å². The highest BCUT2D eigenvalue weighted by molar-refractivity contribution is 5.99. The fourth-order valence-corrected chi connectivity index (χ4v) is 3.72. The van der Waals surface area contributed by atoms with Gasteiger partial charge < -0.3 is 4.74 Å². The summed E-state index contributed by atoms with van der Waals surface area (Å²) in [6.07, 6.45) is -1.39. The van der Waals surface area contributed by atoms with Crippen LogP contribution in [0, 0.1) is 17.7 Å². The molecule has 0 N–H and O–H groups in total. The van der Waals surface area contributed by atoms with Crippen LogP contribution >= 0.6 is 0 Å². The number of benzene rings is 1. The van der Waals surface area contributed by atoms with Gasteiger partial charge in [0.15, 0.2) is 5.78 Å². The van der Waals surface area contributed by atoms with Gasteiger partial charge in [0.1, 0.15) is 11.6 Å². The summed E-state index contributed by atoms with van der Waals surface area (Å²) in [4.78, 5) is 13.1. The molecule has 3 rings (SSSR count). The number of ether oxygens (including phenoxy) is 1. The number of likely N-dealkylation sites (tertiary alicyclic amines) is 1. The van der Waals surface area contributed by atoms with Gasteiger partial charge in [0.2, 0.25) is 0 Å². The second-order valence-corrected chi connectivity index (χ2v) is 8.19. The molecular weight excluding hydrogens is 412 g/mol. The van der Waals surface area contributed by atoms with Crippen LogP contribution in [0.4, 0.5) is 26.3 Å². The van der Waals surface area contributed by atoms with Gasteiger partial charge in [0.25, 0.3) is 0 Å². The minimum Gasteiger partial charge on any atom is -0.493 e. The molecule has 168 valence electrons. The van der Waals surface area contributed by atoms with Crippen molar-refractivity contribution in [2.75, 3.05) is 26.2 Å². The third kappa shape index (κ3) is 5.89. The Hall–Kier alpha value is -1.77. The number of halogens is 6. The maximum Gasteiger partial charge on any atom is 0.454 e. The van der Waals surface area contributed by atoms with Gasteiger partial charge in [-0.1, -0.05) is 0 Å². The van der Waals surface area contributed by atoms with Crippen molar-refractivity contribution in [1.29, 1.82) is 0 Å². The Bertz CT molecular complexity index is 740. The van der Waals surface area contributed by atoms with Crippen LogP contribution in [-0.4, -0.2) is 49.0 Å². The van der Waals surface area contributed by atoms with Crippen LogP contribution in [0.2, 0.25) is 0 Å². The Labute approximate surface area is 171 Å². The molecule has 2 aliphatic rings. The molecule has 1 aliphatic carbocycles. The zero-order valence-corrected chi connectivity index (χ0v) is 16.5. The zero-order chi connectivity index (χ0) is 21.9. The average molecular weight is 437 g/mol. The lowest BCUT2D eigenvalue weighted by molar-refractivity contribution is -0.287. The van der Waals surface area contributed by atoms with Crippen LogP contribution in [0.25, 0.3) is 0 Å². The van der Waals surface area contributed by atoms with Crippen LogP contribution in [0.3, 0.4) is 0 Å². The number of carbonyl (C=O) groups is 1. The van der Waals surface area contributed by atoms with Crippen molar-refractivity contribution in [3.8, 4) is 5.75 Å². The van der Waals surface area contributed by atoms with Crippen molar-refractivity contribution in [2.24, 2.45) is 11.8 Å². The highest BCUT2D eigenvalue weighted by Gasteiger charge is 2.58. The number of hydrogen-bond donors (Lipinski definition) is 0. The van der Waals surface area contributed by atoms with Gasteiger partial charge in [-0.05, 0) is 69.7 Å². The van der Waals surface area contributed by atoms with Crippen molar-refractivity contribution in [3.63, 3.8) is 0 Å². The SMILES string of the molecule is O=C(c1ccc(OCCCC2CCN(CC(F)(F)C(F)(F)F)CC2)cc1F)C1CC1. The minimum absolute atomic E-state index is 0.0580. The van der Waals surface area contributed by atoms with E-state index in [0.29, 0.717) is 31.6 Å². The minimum atomic E-state index is -5.52. The fraction of sp³-hybridized carbons (Fsp3) is 0.667. The summed E-state index contributed by atoms with van der Waals surface area (Å²) >= 11 is 0. The fourth-order valence-electron chi connectivity index (χ4n) is 3.72. The van der Waals surface area contributed by atoms with Crippen LogP contribution in [0.5, 0.6) is 5.75 Å². The molecule has 0 spiro atoms. The van der Waals surface area contributed by atoms with Gasteiger partial charge >= 0.3 is 12.1 Å². The van der Waals surface area contributed by atoms with Gasteiger partial charge in [-0.3, -0.25) is 9.69 Å². The second kappa shape index (κ2) is 9.16. The maximum atomic E-state index is 14.1. The number of rotatable bonds is 9. The molecular formula is C21H25F6NO2. The molecule has 0 bridgehead atoms. The first-order valence-corrected chi connectivity index (χ1v) is 10.2. The summed E-state index contributed by atoms with van der Waals surface area (Å²) in [5.74, 6) is -4.94. The molecule has 1 saturated carbocycles. The third-order valence-electron chi connectivity index (χ3n) is 5.72. The van der Waals surface area contributed by atoms with E-state index < -0.39 is 24.5 Å². The summed E-state index contributed by atoms with van der Waals surface area (Å²) in [6, 6.07) is 4.21. The van der Waals surface area contributed by atoms with Gasteiger partial charge in [-0.15, -0.1) is 0 Å². The number of alkyl halides is 5. The third-order valence-corrected chi connectivity index (χ3v) is 5.72. The molecule has 1 aliphatic heterocycles. The Morgan fingerprint density at radius 3 is 2.30 bits per heavy atom. The summed E-state index contributed by atoms with van der Waals surface area (Å²) in [7, 11) is 0. The summed E-state index contributed by atoms with van der Waals surface area (Å²) in [5.41, 5.74) is 0.0905. The van der Waals surface area contributed by atoms with Crippen LogP contribution in [-0.2, 0) is 0 Å². The first kappa shape index (κ1) is 22.9. The van der Waals surface area contributed by atoms with Crippen LogP contribution in [0.15, 0.2) is 18.2 Å². The first-order valence-electron chi connectivity index (χ1n) is 10.2. The molecule has 9 heteroatoms. The van der Waals surface area contributed by atoms with E-state index in [0.717, 1.165) is 24.2 Å². The number of piperidine rings is 1. The van der Waals surface area contributed by atoms with E-state index in [1.165, 1.54) is 12.1 Å². The number of ketones is 1. The van der Waals surface area contributed by atoms with E-state index in [2.05, 4.69) is 0 Å². The van der Waals surface area contributed by atoms with Crippen molar-refractivity contribution >= 4 is 5.78 Å². The molecule has 2 fully saturated rings. The van der Waals surface area contributed by atoms with Crippen molar-refractivity contribution in [3.05, 3.63) is 29.6 Å². The largest absolute Gasteiger partial charge is 0.493 e. The number of Topliss-reactive ketones (excluding diaryl/α,β-unsaturated/α-hetero) is 1. The molecule has 3 nitrogen and oxygen atoms in total. The first-order chi connectivity index (χ1) is 14.1. The van der Waals surface area contributed by atoms with Crippen molar-refractivity contribution in [2.45, 2.75) is 50.6 Å². The molecule has 1 aromatic carbocycles. The van der Waals surface area contributed by atoms with E-state index in [1.54, 1.807) is 6.07 Å². The lowest BCUT2D eigenvalue weighted by atomic mass is 9.92. The smallest absolute Gasteiger partial charge is 0.454 e. The summed E-state index contributed by atoms with van der Waals surface area (Å²) in [6.45, 7) is -0.545. The number of nitrogens with zero attached hydrogens (tertiary/aromatic N) is 1. The predicted molar refractivity (Wildman–Crippen MR) is 98.3 cm³/mol. The Morgan fingerprint density at radius 1 is 1.07 bits per heavy atom. The quantitative estimate of drug-likeness (QED) is 0.291. The van der Waals surface area contributed by atoms with E-state index in [1.807, 2.05) is 0 Å². The van der Waals surface area contributed by atoms with E-state index >= 15 is 0 Å². The Kier molecular flexibility index (Phi) is 6.99. The highest BCUT2D eigenvalue weighted by atomic mass is 19.4. The molecule has 0 atom stereocenters. The van der Waals surface area contributed by atoms with Gasteiger partial charge in [-0.25, -0.2) is 4.39 Å². The normalized spacial score (nSPS) is 19.1. The molecule has 0 aromatic heterocycles. The van der Waals surface area contributed by atoms with Gasteiger partial charge in [0.05, 0.1) is 18.7 Å². The zero-order valence-electron chi connectivity index (χ0n) is 16.5.